The Kier molecular flexibility index (Phi) is 2.64. The van der Waals surface area contributed by atoms with Gasteiger partial charge in [-0.25, -0.2) is 0 Å². The first-order valence-corrected chi connectivity index (χ1v) is 6.49. The lowest BCUT2D eigenvalue weighted by Gasteiger charge is -2.24. The Balaban J connectivity index is 1.54. The zero-order valence-electron chi connectivity index (χ0n) is 9.91. The summed E-state index contributed by atoms with van der Waals surface area (Å²) < 4.78 is 0. The lowest BCUT2D eigenvalue weighted by Crippen LogP contribution is -2.45. The fourth-order valence-corrected chi connectivity index (χ4v) is 2.92. The van der Waals surface area contributed by atoms with E-state index in [0.717, 1.165) is 38.0 Å². The molecule has 0 aromatic carbocycles. The van der Waals surface area contributed by atoms with Crippen molar-refractivity contribution in [2.75, 3.05) is 26.2 Å². The second-order valence-electron chi connectivity index (χ2n) is 5.59. The molecule has 1 aliphatic carbocycles. The van der Waals surface area contributed by atoms with Crippen molar-refractivity contribution in [3.8, 4) is 0 Å². The third-order valence-electron chi connectivity index (χ3n) is 4.27. The zero-order chi connectivity index (χ0) is 11.1. The topological polar surface area (TPSA) is 44.4 Å². The largest absolute Gasteiger partial charge is 0.352 e. The van der Waals surface area contributed by atoms with Gasteiger partial charge in [-0.15, -0.1) is 0 Å². The maximum Gasteiger partial charge on any atom is 0.237 e. The van der Waals surface area contributed by atoms with Crippen molar-refractivity contribution in [2.24, 2.45) is 11.8 Å². The molecular formula is C12H21N3O. The normalized spacial score (nSPS) is 36.1. The Bertz CT molecular complexity index is 278. The Labute approximate surface area is 96.8 Å². The van der Waals surface area contributed by atoms with Gasteiger partial charge in [-0.2, -0.15) is 0 Å². The van der Waals surface area contributed by atoms with Crippen molar-refractivity contribution in [3.63, 3.8) is 0 Å². The molecule has 2 aliphatic heterocycles. The molecular weight excluding hydrogens is 202 g/mol. The van der Waals surface area contributed by atoms with Crippen LogP contribution in [0, 0.1) is 11.8 Å². The van der Waals surface area contributed by atoms with E-state index in [9.17, 15) is 4.79 Å². The van der Waals surface area contributed by atoms with Gasteiger partial charge in [0, 0.05) is 19.1 Å². The molecule has 90 valence electrons. The molecule has 2 N–H and O–H groups in total. The number of hydrogen-bond donors (Lipinski definition) is 2. The number of hydrogen-bond acceptors (Lipinski definition) is 3. The number of carbonyl (C=O) groups is 1. The molecule has 0 radical (unpaired) electrons. The summed E-state index contributed by atoms with van der Waals surface area (Å²) in [7, 11) is 0. The molecule has 1 amide bonds. The lowest BCUT2D eigenvalue weighted by molar-refractivity contribution is -0.125. The summed E-state index contributed by atoms with van der Waals surface area (Å²) in [5.41, 5.74) is 0. The second kappa shape index (κ2) is 4.00. The molecule has 3 fully saturated rings. The number of amides is 1. The van der Waals surface area contributed by atoms with Crippen molar-refractivity contribution in [2.45, 2.75) is 31.8 Å². The number of nitrogens with zero attached hydrogens (tertiary/aromatic N) is 1. The van der Waals surface area contributed by atoms with Gasteiger partial charge in [-0.1, -0.05) is 0 Å². The first-order valence-electron chi connectivity index (χ1n) is 6.49. The van der Waals surface area contributed by atoms with Crippen molar-refractivity contribution in [3.05, 3.63) is 0 Å². The van der Waals surface area contributed by atoms with Gasteiger partial charge in [0.1, 0.15) is 0 Å². The average Bonchev–Trinajstić information content (AvgIpc) is 2.81. The highest BCUT2D eigenvalue weighted by atomic mass is 16.2. The fraction of sp³-hybridized carbons (Fsp3) is 0.917. The van der Waals surface area contributed by atoms with E-state index in [0.29, 0.717) is 6.04 Å². The zero-order valence-corrected chi connectivity index (χ0v) is 9.91. The highest BCUT2D eigenvalue weighted by molar-refractivity contribution is 5.81. The molecule has 0 aromatic heterocycles. The molecule has 1 saturated carbocycles. The molecule has 0 spiro atoms. The van der Waals surface area contributed by atoms with Crippen LogP contribution in [0.15, 0.2) is 0 Å². The molecule has 3 atom stereocenters. The Morgan fingerprint density at radius 1 is 1.31 bits per heavy atom. The van der Waals surface area contributed by atoms with Gasteiger partial charge in [0.2, 0.25) is 5.91 Å². The first-order chi connectivity index (χ1) is 7.74. The number of rotatable bonds is 3. The minimum Gasteiger partial charge on any atom is -0.352 e. The van der Waals surface area contributed by atoms with Crippen molar-refractivity contribution >= 4 is 5.91 Å². The van der Waals surface area contributed by atoms with Gasteiger partial charge in [0.05, 0.1) is 6.04 Å². The van der Waals surface area contributed by atoms with Gasteiger partial charge < -0.3 is 10.6 Å². The third-order valence-corrected chi connectivity index (χ3v) is 4.27. The molecule has 1 unspecified atom stereocenters. The maximum absolute atomic E-state index is 11.9. The van der Waals surface area contributed by atoms with E-state index in [-0.39, 0.29) is 11.9 Å². The summed E-state index contributed by atoms with van der Waals surface area (Å²) in [5.74, 6) is 1.78. The molecule has 2 saturated heterocycles. The van der Waals surface area contributed by atoms with E-state index in [1.165, 1.54) is 12.8 Å². The molecule has 3 aliphatic rings. The molecule has 4 heteroatoms. The SMILES string of the molecule is CC(C(=O)NC1CC1)N1C[C@H]2CNC[C@H]2C1. The monoisotopic (exact) mass is 223 g/mol. The molecule has 4 nitrogen and oxygen atoms in total. The molecule has 3 rings (SSSR count). The predicted molar refractivity (Wildman–Crippen MR) is 62.0 cm³/mol. The van der Waals surface area contributed by atoms with Gasteiger partial charge in [-0.05, 0) is 44.7 Å². The van der Waals surface area contributed by atoms with Gasteiger partial charge in [-0.3, -0.25) is 9.69 Å². The summed E-state index contributed by atoms with van der Waals surface area (Å²) in [6.07, 6.45) is 2.35. The summed E-state index contributed by atoms with van der Waals surface area (Å²) in [4.78, 5) is 14.3. The van der Waals surface area contributed by atoms with Crippen LogP contribution in [-0.2, 0) is 4.79 Å². The highest BCUT2D eigenvalue weighted by Crippen LogP contribution is 2.28. The van der Waals surface area contributed by atoms with Gasteiger partial charge >= 0.3 is 0 Å². The summed E-state index contributed by atoms with van der Waals surface area (Å²) >= 11 is 0. The van der Waals surface area contributed by atoms with E-state index >= 15 is 0 Å². The molecule has 2 heterocycles. The van der Waals surface area contributed by atoms with Crippen molar-refractivity contribution in [1.82, 2.24) is 15.5 Å². The predicted octanol–water partition coefficient (Wildman–Crippen LogP) is -0.195. The fourth-order valence-electron chi connectivity index (χ4n) is 2.92. The summed E-state index contributed by atoms with van der Waals surface area (Å²) in [5, 5.41) is 6.53. The highest BCUT2D eigenvalue weighted by Gasteiger charge is 2.39. The quantitative estimate of drug-likeness (QED) is 0.697. The molecule has 16 heavy (non-hydrogen) atoms. The van der Waals surface area contributed by atoms with E-state index in [2.05, 4.69) is 15.5 Å². The van der Waals surface area contributed by atoms with Crippen LogP contribution in [0.25, 0.3) is 0 Å². The van der Waals surface area contributed by atoms with Crippen molar-refractivity contribution < 1.29 is 4.79 Å². The van der Waals surface area contributed by atoms with Crippen LogP contribution in [0.5, 0.6) is 0 Å². The summed E-state index contributed by atoms with van der Waals surface area (Å²) in [6.45, 7) is 6.51. The van der Waals surface area contributed by atoms with E-state index < -0.39 is 0 Å². The van der Waals surface area contributed by atoms with Crippen LogP contribution < -0.4 is 10.6 Å². The van der Waals surface area contributed by atoms with Crippen molar-refractivity contribution in [1.29, 1.82) is 0 Å². The second-order valence-corrected chi connectivity index (χ2v) is 5.59. The smallest absolute Gasteiger partial charge is 0.237 e. The molecule has 0 bridgehead atoms. The van der Waals surface area contributed by atoms with Crippen LogP contribution in [0.3, 0.4) is 0 Å². The van der Waals surface area contributed by atoms with Crippen LogP contribution in [-0.4, -0.2) is 49.1 Å². The number of fused-ring (bicyclic) bond motifs is 1. The third kappa shape index (κ3) is 1.96. The van der Waals surface area contributed by atoms with Gasteiger partial charge in [0.15, 0.2) is 0 Å². The lowest BCUT2D eigenvalue weighted by atomic mass is 10.0. The van der Waals surface area contributed by atoms with Crippen LogP contribution in [0.1, 0.15) is 19.8 Å². The van der Waals surface area contributed by atoms with Crippen LogP contribution >= 0.6 is 0 Å². The average molecular weight is 223 g/mol. The number of likely N-dealkylation sites (tertiary alicyclic amines) is 1. The maximum atomic E-state index is 11.9. The first kappa shape index (κ1) is 10.5. The minimum absolute atomic E-state index is 0.0613. The number of carbonyl (C=O) groups excluding carboxylic acids is 1. The standard InChI is InChI=1S/C12H21N3O/c1-8(12(16)14-11-2-3-11)15-6-9-4-13-5-10(9)7-15/h8-11,13H,2-7H2,1H3,(H,14,16)/t8?,9-,10+. The minimum atomic E-state index is 0.0613. The van der Waals surface area contributed by atoms with E-state index in [4.69, 9.17) is 0 Å². The van der Waals surface area contributed by atoms with Crippen LogP contribution in [0.4, 0.5) is 0 Å². The Hall–Kier alpha value is -0.610. The van der Waals surface area contributed by atoms with E-state index in [1.807, 2.05) is 6.92 Å². The Morgan fingerprint density at radius 2 is 1.94 bits per heavy atom. The van der Waals surface area contributed by atoms with E-state index in [1.54, 1.807) is 0 Å². The number of nitrogens with one attached hydrogen (secondary N) is 2. The van der Waals surface area contributed by atoms with Gasteiger partial charge in [0.25, 0.3) is 0 Å². The molecule has 0 aromatic rings. The summed E-state index contributed by atoms with van der Waals surface area (Å²) in [6, 6.07) is 0.546. The Morgan fingerprint density at radius 3 is 2.50 bits per heavy atom. The van der Waals surface area contributed by atoms with Crippen LogP contribution in [0.2, 0.25) is 0 Å².